The molecule has 1 rings (SSSR count). The summed E-state index contributed by atoms with van der Waals surface area (Å²) in [5.74, 6) is -9.51. The lowest BCUT2D eigenvalue weighted by molar-refractivity contribution is -0.362. The second kappa shape index (κ2) is 10.2. The highest BCUT2D eigenvalue weighted by molar-refractivity contribution is 7.86. The Morgan fingerprint density at radius 1 is 1.07 bits per heavy atom. The first-order valence-electron chi connectivity index (χ1n) is 9.13. The summed E-state index contributed by atoms with van der Waals surface area (Å²) in [5.41, 5.74) is 0. The van der Waals surface area contributed by atoms with Gasteiger partial charge < -0.3 is 14.2 Å². The summed E-state index contributed by atoms with van der Waals surface area (Å²) in [4.78, 5) is 24.4. The summed E-state index contributed by atoms with van der Waals surface area (Å²) < 4.78 is 111. The van der Waals surface area contributed by atoms with Crippen LogP contribution in [0.4, 0.5) is 22.0 Å². The topological polar surface area (TPSA) is 116 Å². The van der Waals surface area contributed by atoms with E-state index in [1.807, 2.05) is 0 Å². The minimum atomic E-state index is -6.18. The van der Waals surface area contributed by atoms with Crippen LogP contribution in [0.1, 0.15) is 51.9 Å². The lowest BCUT2D eigenvalue weighted by Crippen LogP contribution is -2.60. The van der Waals surface area contributed by atoms with Crippen molar-refractivity contribution in [2.45, 2.75) is 69.1 Å². The minimum Gasteiger partial charge on any atom is -0.461 e. The van der Waals surface area contributed by atoms with Crippen molar-refractivity contribution in [1.29, 1.82) is 0 Å². The van der Waals surface area contributed by atoms with E-state index in [1.165, 1.54) is 0 Å². The van der Waals surface area contributed by atoms with E-state index in [1.54, 1.807) is 6.92 Å². The number of hydrogen-bond donors (Lipinski definition) is 1. The van der Waals surface area contributed by atoms with Gasteiger partial charge in [-0.05, 0) is 19.3 Å². The molecule has 0 aromatic heterocycles. The number of alkyl halides is 5. The Bertz CT molecular complexity index is 703. The first-order valence-corrected chi connectivity index (χ1v) is 10.6. The molecule has 1 unspecified atom stereocenters. The normalized spacial score (nSPS) is 18.5. The molecule has 0 aliphatic heterocycles. The van der Waals surface area contributed by atoms with Crippen molar-refractivity contribution in [3.05, 3.63) is 0 Å². The third kappa shape index (κ3) is 6.48. The van der Waals surface area contributed by atoms with Crippen molar-refractivity contribution in [3.8, 4) is 0 Å². The Morgan fingerprint density at radius 2 is 1.63 bits per heavy atom. The second-order valence-corrected chi connectivity index (χ2v) is 8.31. The van der Waals surface area contributed by atoms with Crippen LogP contribution in [0.5, 0.6) is 0 Å². The molecule has 0 spiro atoms. The predicted molar refractivity (Wildman–Crippen MR) is 89.8 cm³/mol. The molecule has 1 saturated carbocycles. The minimum absolute atomic E-state index is 0.109. The van der Waals surface area contributed by atoms with E-state index in [9.17, 15) is 40.0 Å². The molecule has 1 N–H and O–H groups in total. The molecule has 1 aliphatic carbocycles. The van der Waals surface area contributed by atoms with E-state index in [-0.39, 0.29) is 19.3 Å². The summed E-state index contributed by atoms with van der Waals surface area (Å²) in [6.45, 7) is -1.56. The van der Waals surface area contributed by atoms with Crippen molar-refractivity contribution in [2.75, 3.05) is 13.2 Å². The molecule has 8 nitrogen and oxygen atoms in total. The Hall–Kier alpha value is -1.54. The fraction of sp³-hybridized carbons (Fsp3) is 0.875. The largest absolute Gasteiger partial charge is 0.468 e. The molecule has 0 bridgehead atoms. The van der Waals surface area contributed by atoms with Crippen molar-refractivity contribution < 1.29 is 58.7 Å². The molecular formula is C16H23F5O8S. The number of unbranched alkanes of at least 4 members (excludes halogenated alkanes) is 1. The fourth-order valence-corrected chi connectivity index (χ4v) is 2.82. The quantitative estimate of drug-likeness (QED) is 0.170. The molecule has 1 fully saturated rings. The number of esters is 2. The van der Waals surface area contributed by atoms with Crippen molar-refractivity contribution >= 4 is 22.1 Å². The van der Waals surface area contributed by atoms with Gasteiger partial charge in [0.15, 0.2) is 0 Å². The van der Waals surface area contributed by atoms with Crippen molar-refractivity contribution in [3.63, 3.8) is 0 Å². The second-order valence-electron chi connectivity index (χ2n) is 6.76. The fourth-order valence-electron chi connectivity index (χ4n) is 2.61. The van der Waals surface area contributed by atoms with E-state index in [0.717, 1.165) is 6.42 Å². The van der Waals surface area contributed by atoms with Crippen LogP contribution < -0.4 is 0 Å². The van der Waals surface area contributed by atoms with Crippen LogP contribution in [0.2, 0.25) is 0 Å². The molecule has 0 amide bonds. The van der Waals surface area contributed by atoms with Gasteiger partial charge in [-0.1, -0.05) is 32.6 Å². The Kier molecular flexibility index (Phi) is 8.99. The zero-order chi connectivity index (χ0) is 23.2. The summed E-state index contributed by atoms with van der Waals surface area (Å²) in [6, 6.07) is 0. The third-order valence-corrected chi connectivity index (χ3v) is 5.25. The number of carbonyl (C=O) groups is 2. The van der Waals surface area contributed by atoms with Crippen LogP contribution in [0.25, 0.3) is 0 Å². The Balaban J connectivity index is 3.26. The molecule has 1 atom stereocenters. The third-order valence-electron chi connectivity index (χ3n) is 4.38. The van der Waals surface area contributed by atoms with E-state index >= 15 is 0 Å². The van der Waals surface area contributed by atoms with E-state index in [4.69, 9.17) is 4.55 Å². The van der Waals surface area contributed by atoms with Crippen molar-refractivity contribution in [1.82, 2.24) is 0 Å². The molecule has 30 heavy (non-hydrogen) atoms. The van der Waals surface area contributed by atoms with E-state index in [2.05, 4.69) is 14.2 Å². The molecule has 0 aromatic rings. The molecule has 1 aliphatic rings. The highest BCUT2D eigenvalue weighted by atomic mass is 32.2. The Labute approximate surface area is 169 Å². The summed E-state index contributed by atoms with van der Waals surface area (Å²) in [5, 5.41) is -5.22. The lowest BCUT2D eigenvalue weighted by Gasteiger charge is -2.34. The van der Waals surface area contributed by atoms with Gasteiger partial charge in [-0.25, -0.2) is 4.79 Å². The van der Waals surface area contributed by atoms with Gasteiger partial charge in [-0.2, -0.15) is 30.4 Å². The SMILES string of the molecule is CCCCOC(=O)C(OCC(F)(F)S(=O)(=O)O)(OC(=O)C1CCCCC1)C(F)(F)F. The number of hydrogen-bond acceptors (Lipinski definition) is 7. The van der Waals surface area contributed by atoms with Crippen LogP contribution in [-0.4, -0.2) is 55.3 Å². The van der Waals surface area contributed by atoms with Gasteiger partial charge in [0.05, 0.1) is 12.5 Å². The van der Waals surface area contributed by atoms with Crippen molar-refractivity contribution in [2.24, 2.45) is 5.92 Å². The first-order chi connectivity index (χ1) is 13.7. The van der Waals surface area contributed by atoms with Gasteiger partial charge in [0.25, 0.3) is 0 Å². The summed E-state index contributed by atoms with van der Waals surface area (Å²) >= 11 is 0. The zero-order valence-electron chi connectivity index (χ0n) is 16.0. The molecule has 0 heterocycles. The zero-order valence-corrected chi connectivity index (χ0v) is 16.9. The highest BCUT2D eigenvalue weighted by Crippen LogP contribution is 2.39. The van der Waals surface area contributed by atoms with Gasteiger partial charge >= 0.3 is 39.3 Å². The average Bonchev–Trinajstić information content (AvgIpc) is 2.63. The standard InChI is InChI=1S/C16H23F5O8S/c1-2-3-9-27-13(23)15(16(19,20)21,28-10-14(17,18)30(24,25)26)29-12(22)11-7-5-4-6-8-11/h11H,2-10H2,1H3,(H,24,25,26). The molecule has 176 valence electrons. The van der Waals surface area contributed by atoms with Gasteiger partial charge in [0.2, 0.25) is 0 Å². The van der Waals surface area contributed by atoms with Crippen LogP contribution in [0, 0.1) is 5.92 Å². The number of rotatable bonds is 10. The smallest absolute Gasteiger partial charge is 0.461 e. The van der Waals surface area contributed by atoms with E-state index in [0.29, 0.717) is 19.3 Å². The van der Waals surface area contributed by atoms with Crippen LogP contribution >= 0.6 is 0 Å². The van der Waals surface area contributed by atoms with Gasteiger partial charge in [0, 0.05) is 0 Å². The molecule has 14 heteroatoms. The first kappa shape index (κ1) is 26.5. The average molecular weight is 470 g/mol. The highest BCUT2D eigenvalue weighted by Gasteiger charge is 2.69. The number of carbonyl (C=O) groups excluding carboxylic acids is 2. The van der Waals surface area contributed by atoms with Gasteiger partial charge in [0.1, 0.15) is 6.61 Å². The summed E-state index contributed by atoms with van der Waals surface area (Å²) in [7, 11) is -6.18. The van der Waals surface area contributed by atoms with Gasteiger partial charge in [-0.3, -0.25) is 9.35 Å². The molecule has 0 aromatic carbocycles. The van der Waals surface area contributed by atoms with E-state index < -0.39 is 58.4 Å². The summed E-state index contributed by atoms with van der Waals surface area (Å²) in [6.07, 6.45) is -3.35. The molecular weight excluding hydrogens is 447 g/mol. The maximum atomic E-state index is 13.8. The number of ether oxygens (including phenoxy) is 3. The van der Waals surface area contributed by atoms with Crippen LogP contribution in [-0.2, 0) is 33.9 Å². The van der Waals surface area contributed by atoms with Crippen LogP contribution in [0.15, 0.2) is 0 Å². The maximum Gasteiger partial charge on any atom is 0.468 e. The maximum absolute atomic E-state index is 13.8. The van der Waals surface area contributed by atoms with Crippen LogP contribution in [0.3, 0.4) is 0 Å². The monoisotopic (exact) mass is 470 g/mol. The number of halogens is 5. The predicted octanol–water partition coefficient (Wildman–Crippen LogP) is 3.21. The lowest BCUT2D eigenvalue weighted by atomic mass is 9.89. The van der Waals surface area contributed by atoms with Gasteiger partial charge in [-0.15, -0.1) is 0 Å². The molecule has 0 radical (unpaired) electrons. The Morgan fingerprint density at radius 3 is 2.10 bits per heavy atom. The molecule has 0 saturated heterocycles.